The van der Waals surface area contributed by atoms with Gasteiger partial charge in [0.25, 0.3) is 5.91 Å². The van der Waals surface area contributed by atoms with Crippen LogP contribution in [0.3, 0.4) is 0 Å². The minimum Gasteiger partial charge on any atom is -0.462 e. The SMILES string of the molecule is O=C(Nc1nccs1)c1csc(-c2ccco2)n1. The van der Waals surface area contributed by atoms with Crippen LogP contribution < -0.4 is 5.32 Å². The number of hydrogen-bond acceptors (Lipinski definition) is 6. The molecule has 7 heteroatoms. The lowest BCUT2D eigenvalue weighted by Crippen LogP contribution is -2.11. The maximum Gasteiger partial charge on any atom is 0.276 e. The fourth-order valence-corrected chi connectivity index (χ4v) is 2.63. The molecule has 0 aliphatic rings. The van der Waals surface area contributed by atoms with Crippen LogP contribution in [0, 0.1) is 0 Å². The third-order valence-corrected chi connectivity index (χ3v) is 3.67. The van der Waals surface area contributed by atoms with Crippen LogP contribution in [0.5, 0.6) is 0 Å². The Hall–Kier alpha value is -1.99. The Morgan fingerprint density at radius 2 is 2.33 bits per heavy atom. The molecule has 1 N–H and O–H groups in total. The van der Waals surface area contributed by atoms with Crippen molar-refractivity contribution in [3.63, 3.8) is 0 Å². The van der Waals surface area contributed by atoms with Crippen molar-refractivity contribution in [3.05, 3.63) is 41.0 Å². The summed E-state index contributed by atoms with van der Waals surface area (Å²) in [7, 11) is 0. The van der Waals surface area contributed by atoms with Crippen LogP contribution in [0.2, 0.25) is 0 Å². The van der Waals surface area contributed by atoms with Gasteiger partial charge in [-0.2, -0.15) is 0 Å². The summed E-state index contributed by atoms with van der Waals surface area (Å²) in [6.07, 6.45) is 3.21. The Balaban J connectivity index is 1.79. The normalized spacial score (nSPS) is 10.4. The summed E-state index contributed by atoms with van der Waals surface area (Å²) in [6, 6.07) is 3.59. The van der Waals surface area contributed by atoms with Gasteiger partial charge in [0.2, 0.25) is 0 Å². The van der Waals surface area contributed by atoms with Crippen LogP contribution >= 0.6 is 22.7 Å². The molecule has 0 unspecified atom stereocenters. The van der Waals surface area contributed by atoms with Crippen LogP contribution in [0.1, 0.15) is 10.5 Å². The Kier molecular flexibility index (Phi) is 2.91. The largest absolute Gasteiger partial charge is 0.462 e. The number of furan rings is 1. The highest BCUT2D eigenvalue weighted by atomic mass is 32.1. The second-order valence-electron chi connectivity index (χ2n) is 3.31. The van der Waals surface area contributed by atoms with E-state index in [2.05, 4.69) is 15.3 Å². The van der Waals surface area contributed by atoms with Crippen LogP contribution in [-0.2, 0) is 0 Å². The number of thiazole rings is 2. The van der Waals surface area contributed by atoms with Crippen LogP contribution in [-0.4, -0.2) is 15.9 Å². The molecule has 0 aromatic carbocycles. The number of aromatic nitrogens is 2. The molecule has 0 aliphatic carbocycles. The first-order chi connectivity index (χ1) is 8.83. The highest BCUT2D eigenvalue weighted by molar-refractivity contribution is 7.14. The lowest BCUT2D eigenvalue weighted by atomic mass is 10.4. The van der Waals surface area contributed by atoms with Gasteiger partial charge in [-0.05, 0) is 12.1 Å². The van der Waals surface area contributed by atoms with E-state index in [1.54, 1.807) is 35.4 Å². The van der Waals surface area contributed by atoms with Crippen molar-refractivity contribution in [1.82, 2.24) is 9.97 Å². The third-order valence-electron chi connectivity index (χ3n) is 2.12. The molecule has 90 valence electrons. The molecule has 0 saturated carbocycles. The molecule has 1 amide bonds. The van der Waals surface area contributed by atoms with E-state index in [1.165, 1.54) is 22.7 Å². The van der Waals surface area contributed by atoms with Crippen molar-refractivity contribution in [1.29, 1.82) is 0 Å². The number of hydrogen-bond donors (Lipinski definition) is 1. The number of nitrogens with zero attached hydrogens (tertiary/aromatic N) is 2. The van der Waals surface area contributed by atoms with Gasteiger partial charge in [0.05, 0.1) is 6.26 Å². The molecule has 0 atom stereocenters. The zero-order chi connectivity index (χ0) is 12.4. The van der Waals surface area contributed by atoms with Gasteiger partial charge in [-0.3, -0.25) is 10.1 Å². The fourth-order valence-electron chi connectivity index (χ4n) is 1.34. The topological polar surface area (TPSA) is 68.0 Å². The molecule has 0 radical (unpaired) electrons. The number of carbonyl (C=O) groups excluding carboxylic acids is 1. The summed E-state index contributed by atoms with van der Waals surface area (Å²) in [6.45, 7) is 0. The molecule has 0 spiro atoms. The average Bonchev–Trinajstić information content (AvgIpc) is 3.11. The number of amides is 1. The molecule has 0 aliphatic heterocycles. The monoisotopic (exact) mass is 277 g/mol. The molecule has 5 nitrogen and oxygen atoms in total. The van der Waals surface area contributed by atoms with Crippen molar-refractivity contribution < 1.29 is 9.21 Å². The second kappa shape index (κ2) is 4.71. The van der Waals surface area contributed by atoms with E-state index in [4.69, 9.17) is 4.42 Å². The Bertz CT molecular complexity index is 644. The fraction of sp³-hybridized carbons (Fsp3) is 0. The Labute approximate surface area is 110 Å². The lowest BCUT2D eigenvalue weighted by Gasteiger charge is -1.96. The van der Waals surface area contributed by atoms with Crippen molar-refractivity contribution in [3.8, 4) is 10.8 Å². The van der Waals surface area contributed by atoms with Crippen molar-refractivity contribution in [2.24, 2.45) is 0 Å². The third kappa shape index (κ3) is 2.18. The molecule has 3 aromatic rings. The van der Waals surface area contributed by atoms with Gasteiger partial charge in [0.15, 0.2) is 15.9 Å². The zero-order valence-electron chi connectivity index (χ0n) is 8.99. The molecule has 3 heterocycles. The maximum absolute atomic E-state index is 11.9. The minimum absolute atomic E-state index is 0.265. The van der Waals surface area contributed by atoms with Crippen molar-refractivity contribution in [2.45, 2.75) is 0 Å². The second-order valence-corrected chi connectivity index (χ2v) is 5.06. The lowest BCUT2D eigenvalue weighted by molar-refractivity contribution is 0.102. The highest BCUT2D eigenvalue weighted by Crippen LogP contribution is 2.24. The molecule has 3 aromatic heterocycles. The Morgan fingerprint density at radius 1 is 1.39 bits per heavy atom. The van der Waals surface area contributed by atoms with Crippen molar-refractivity contribution in [2.75, 3.05) is 5.32 Å². The van der Waals surface area contributed by atoms with E-state index in [9.17, 15) is 4.79 Å². The predicted octanol–water partition coefficient (Wildman–Crippen LogP) is 3.11. The predicted molar refractivity (Wildman–Crippen MR) is 69.9 cm³/mol. The summed E-state index contributed by atoms with van der Waals surface area (Å²) >= 11 is 2.73. The van der Waals surface area contributed by atoms with E-state index in [0.29, 0.717) is 21.6 Å². The van der Waals surface area contributed by atoms with Gasteiger partial charge in [0, 0.05) is 17.0 Å². The zero-order valence-corrected chi connectivity index (χ0v) is 10.6. The van der Waals surface area contributed by atoms with Crippen LogP contribution in [0.15, 0.2) is 39.8 Å². The quantitative estimate of drug-likeness (QED) is 0.798. The van der Waals surface area contributed by atoms with Gasteiger partial charge < -0.3 is 4.42 Å². The van der Waals surface area contributed by atoms with Crippen LogP contribution in [0.25, 0.3) is 10.8 Å². The van der Waals surface area contributed by atoms with E-state index < -0.39 is 0 Å². The number of nitrogens with one attached hydrogen (secondary N) is 1. The van der Waals surface area contributed by atoms with E-state index >= 15 is 0 Å². The summed E-state index contributed by atoms with van der Waals surface area (Å²) in [5.41, 5.74) is 0.363. The first-order valence-electron chi connectivity index (χ1n) is 5.03. The first-order valence-corrected chi connectivity index (χ1v) is 6.79. The first kappa shape index (κ1) is 11.1. The molecule has 0 fully saturated rings. The van der Waals surface area contributed by atoms with Gasteiger partial charge in [0.1, 0.15) is 5.69 Å². The molecule has 18 heavy (non-hydrogen) atoms. The van der Waals surface area contributed by atoms with Gasteiger partial charge in [-0.1, -0.05) is 0 Å². The van der Waals surface area contributed by atoms with E-state index in [0.717, 1.165) is 0 Å². The molecule has 0 bridgehead atoms. The summed E-state index contributed by atoms with van der Waals surface area (Å²) in [4.78, 5) is 20.1. The minimum atomic E-state index is -0.265. The molecular formula is C11H7N3O2S2. The van der Waals surface area contributed by atoms with Gasteiger partial charge in [-0.25, -0.2) is 9.97 Å². The standard InChI is InChI=1S/C11H7N3O2S2/c15-9(14-11-12-3-5-17-11)7-6-18-10(13-7)8-2-1-4-16-8/h1-6H,(H,12,14,15). The summed E-state index contributed by atoms with van der Waals surface area (Å²) in [5.74, 6) is 0.396. The molecule has 0 saturated heterocycles. The summed E-state index contributed by atoms with van der Waals surface area (Å²) in [5, 5.41) is 7.42. The van der Waals surface area contributed by atoms with Gasteiger partial charge in [-0.15, -0.1) is 22.7 Å². The smallest absolute Gasteiger partial charge is 0.276 e. The number of anilines is 1. The van der Waals surface area contributed by atoms with E-state index in [1.807, 2.05) is 0 Å². The molecule has 3 rings (SSSR count). The average molecular weight is 277 g/mol. The Morgan fingerprint density at radius 3 is 3.06 bits per heavy atom. The molecular weight excluding hydrogens is 270 g/mol. The number of rotatable bonds is 3. The van der Waals surface area contributed by atoms with E-state index in [-0.39, 0.29) is 5.91 Å². The summed E-state index contributed by atoms with van der Waals surface area (Å²) < 4.78 is 5.22. The van der Waals surface area contributed by atoms with Crippen molar-refractivity contribution >= 4 is 33.7 Å². The maximum atomic E-state index is 11.9. The van der Waals surface area contributed by atoms with Gasteiger partial charge >= 0.3 is 0 Å². The van der Waals surface area contributed by atoms with Crippen LogP contribution in [0.4, 0.5) is 5.13 Å². The number of carbonyl (C=O) groups is 1. The highest BCUT2D eigenvalue weighted by Gasteiger charge is 2.13.